The highest BCUT2D eigenvalue weighted by molar-refractivity contribution is 5.82. The first kappa shape index (κ1) is 19.9. The molecule has 0 radical (unpaired) electrons. The molecule has 0 spiro atoms. The van der Waals surface area contributed by atoms with Gasteiger partial charge in [0.05, 0.1) is 5.41 Å². The molecule has 0 bridgehead atoms. The summed E-state index contributed by atoms with van der Waals surface area (Å²) in [5.74, 6) is 0.0948. The number of benzene rings is 1. The summed E-state index contributed by atoms with van der Waals surface area (Å²) in [5.41, 5.74) is 0.880. The fourth-order valence-electron chi connectivity index (χ4n) is 3.49. The summed E-state index contributed by atoms with van der Waals surface area (Å²) in [6.07, 6.45) is 2.98. The van der Waals surface area contributed by atoms with Crippen molar-refractivity contribution < 1.29 is 14.6 Å². The fraction of sp³-hybridized carbons (Fsp3) is 0.650. The van der Waals surface area contributed by atoms with Crippen LogP contribution in [0.2, 0.25) is 0 Å². The van der Waals surface area contributed by atoms with E-state index in [0.29, 0.717) is 26.2 Å². The minimum Gasteiger partial charge on any atom is -0.396 e. The number of rotatable bonds is 10. The Kier molecular flexibility index (Phi) is 8.38. The summed E-state index contributed by atoms with van der Waals surface area (Å²) in [6, 6.07) is 10.4. The van der Waals surface area contributed by atoms with Crippen molar-refractivity contribution >= 4 is 5.91 Å². The van der Waals surface area contributed by atoms with Gasteiger partial charge in [0.25, 0.3) is 0 Å². The first-order valence-corrected chi connectivity index (χ1v) is 9.43. The van der Waals surface area contributed by atoms with E-state index in [2.05, 4.69) is 34.5 Å². The lowest BCUT2D eigenvalue weighted by Gasteiger charge is -2.40. The smallest absolute Gasteiger partial charge is 0.226 e. The number of nitrogens with one attached hydrogen (secondary N) is 1. The van der Waals surface area contributed by atoms with Crippen molar-refractivity contribution in [3.05, 3.63) is 35.9 Å². The maximum Gasteiger partial charge on any atom is 0.226 e. The Morgan fingerprint density at radius 1 is 1.28 bits per heavy atom. The third kappa shape index (κ3) is 6.10. The maximum atomic E-state index is 12.7. The Bertz CT molecular complexity index is 499. The average molecular weight is 348 g/mol. The molecule has 1 aromatic rings. The number of carbonyl (C=O) groups excluding carboxylic acids is 1. The van der Waals surface area contributed by atoms with Crippen LogP contribution in [0.4, 0.5) is 0 Å². The Hall–Kier alpha value is -1.43. The van der Waals surface area contributed by atoms with E-state index in [0.717, 1.165) is 38.9 Å². The molecular formula is C20H32N2O3. The minimum atomic E-state index is -0.423. The molecule has 0 aromatic heterocycles. The number of aliphatic hydroxyl groups is 1. The summed E-state index contributed by atoms with van der Waals surface area (Å²) in [7, 11) is 0. The normalized spacial score (nSPS) is 17.4. The summed E-state index contributed by atoms with van der Waals surface area (Å²) in [5, 5.41) is 12.5. The van der Waals surface area contributed by atoms with E-state index in [1.807, 2.05) is 13.0 Å². The van der Waals surface area contributed by atoms with Gasteiger partial charge in [0.15, 0.2) is 0 Å². The Morgan fingerprint density at radius 2 is 2.00 bits per heavy atom. The summed E-state index contributed by atoms with van der Waals surface area (Å²) < 4.78 is 5.31. The number of ether oxygens (including phenoxy) is 1. The van der Waals surface area contributed by atoms with Crippen molar-refractivity contribution in [2.75, 3.05) is 39.5 Å². The van der Waals surface area contributed by atoms with E-state index < -0.39 is 5.41 Å². The predicted molar refractivity (Wildman–Crippen MR) is 99.2 cm³/mol. The fourth-order valence-corrected chi connectivity index (χ4v) is 3.49. The molecule has 1 aliphatic rings. The molecule has 140 valence electrons. The lowest BCUT2D eigenvalue weighted by atomic mass is 9.75. The topological polar surface area (TPSA) is 61.8 Å². The van der Waals surface area contributed by atoms with Gasteiger partial charge in [-0.1, -0.05) is 30.3 Å². The molecule has 0 unspecified atom stereocenters. The van der Waals surface area contributed by atoms with Gasteiger partial charge in [0.1, 0.15) is 0 Å². The third-order valence-corrected chi connectivity index (χ3v) is 5.09. The average Bonchev–Trinajstić information content (AvgIpc) is 2.64. The summed E-state index contributed by atoms with van der Waals surface area (Å²) >= 11 is 0. The number of likely N-dealkylation sites (tertiary alicyclic amines) is 1. The number of piperidine rings is 1. The molecule has 2 N–H and O–H groups in total. The van der Waals surface area contributed by atoms with Gasteiger partial charge in [-0.25, -0.2) is 0 Å². The standard InChI is InChI=1S/C20H32N2O3/c1-2-25-16-6-12-21-19(24)20(11-15-23)9-13-22(14-10-20)17-18-7-4-3-5-8-18/h3-5,7-8,23H,2,6,9-17H2,1H3,(H,21,24). The maximum absolute atomic E-state index is 12.7. The lowest BCUT2D eigenvalue weighted by Crippen LogP contribution is -2.49. The molecule has 1 aromatic carbocycles. The summed E-state index contributed by atoms with van der Waals surface area (Å²) in [4.78, 5) is 15.1. The number of hydrogen-bond donors (Lipinski definition) is 2. The molecule has 5 heteroatoms. The van der Waals surface area contributed by atoms with Crippen molar-refractivity contribution in [2.45, 2.75) is 39.2 Å². The van der Waals surface area contributed by atoms with Crippen LogP contribution in [0.15, 0.2) is 30.3 Å². The van der Waals surface area contributed by atoms with Gasteiger partial charge in [0, 0.05) is 32.9 Å². The van der Waals surface area contributed by atoms with Crippen LogP contribution in [0.25, 0.3) is 0 Å². The second-order valence-electron chi connectivity index (χ2n) is 6.82. The van der Waals surface area contributed by atoms with Gasteiger partial charge in [-0.2, -0.15) is 0 Å². The molecule has 1 heterocycles. The molecule has 1 fully saturated rings. The lowest BCUT2D eigenvalue weighted by molar-refractivity contribution is -0.135. The van der Waals surface area contributed by atoms with Crippen LogP contribution in [0.1, 0.15) is 38.2 Å². The van der Waals surface area contributed by atoms with Crippen LogP contribution in [0, 0.1) is 5.41 Å². The van der Waals surface area contributed by atoms with E-state index >= 15 is 0 Å². The SMILES string of the molecule is CCOCCCNC(=O)C1(CCO)CCN(Cc2ccccc2)CC1. The molecule has 0 atom stereocenters. The van der Waals surface area contributed by atoms with Gasteiger partial charge in [0.2, 0.25) is 5.91 Å². The summed E-state index contributed by atoms with van der Waals surface area (Å²) in [6.45, 7) is 6.76. The number of aliphatic hydroxyl groups excluding tert-OH is 1. The Morgan fingerprint density at radius 3 is 2.64 bits per heavy atom. The van der Waals surface area contributed by atoms with Gasteiger partial charge < -0.3 is 15.2 Å². The molecule has 5 nitrogen and oxygen atoms in total. The molecule has 1 amide bonds. The van der Waals surface area contributed by atoms with E-state index in [1.54, 1.807) is 0 Å². The van der Waals surface area contributed by atoms with Crippen molar-refractivity contribution in [3.8, 4) is 0 Å². The van der Waals surface area contributed by atoms with E-state index in [4.69, 9.17) is 4.74 Å². The zero-order chi connectivity index (χ0) is 18.0. The number of nitrogens with zero attached hydrogens (tertiary/aromatic N) is 1. The van der Waals surface area contributed by atoms with Crippen molar-refractivity contribution in [1.29, 1.82) is 0 Å². The predicted octanol–water partition coefficient (Wildman–Crippen LogP) is 2.19. The minimum absolute atomic E-state index is 0.0606. The van der Waals surface area contributed by atoms with Crippen LogP contribution >= 0.6 is 0 Å². The zero-order valence-corrected chi connectivity index (χ0v) is 15.4. The second-order valence-corrected chi connectivity index (χ2v) is 6.82. The highest BCUT2D eigenvalue weighted by Crippen LogP contribution is 2.35. The first-order valence-electron chi connectivity index (χ1n) is 9.43. The first-order chi connectivity index (χ1) is 12.2. The van der Waals surface area contributed by atoms with E-state index in [9.17, 15) is 9.90 Å². The van der Waals surface area contributed by atoms with E-state index in [-0.39, 0.29) is 12.5 Å². The van der Waals surface area contributed by atoms with Gasteiger partial charge in [-0.05, 0) is 51.3 Å². The molecule has 0 saturated carbocycles. The van der Waals surface area contributed by atoms with E-state index in [1.165, 1.54) is 5.56 Å². The molecular weight excluding hydrogens is 316 g/mol. The molecule has 1 aliphatic heterocycles. The van der Waals surface area contributed by atoms with Crippen LogP contribution in [-0.2, 0) is 16.1 Å². The molecule has 0 aliphatic carbocycles. The highest BCUT2D eigenvalue weighted by atomic mass is 16.5. The van der Waals surface area contributed by atoms with Crippen LogP contribution in [-0.4, -0.2) is 55.4 Å². The van der Waals surface area contributed by atoms with Crippen molar-refractivity contribution in [3.63, 3.8) is 0 Å². The largest absolute Gasteiger partial charge is 0.396 e. The van der Waals surface area contributed by atoms with Gasteiger partial charge in [-0.3, -0.25) is 9.69 Å². The zero-order valence-electron chi connectivity index (χ0n) is 15.4. The van der Waals surface area contributed by atoms with Crippen molar-refractivity contribution in [2.24, 2.45) is 5.41 Å². The van der Waals surface area contributed by atoms with Crippen LogP contribution in [0.3, 0.4) is 0 Å². The number of amides is 1. The number of carbonyl (C=O) groups is 1. The molecule has 1 saturated heterocycles. The Balaban J connectivity index is 1.83. The number of hydrogen-bond acceptors (Lipinski definition) is 4. The molecule has 25 heavy (non-hydrogen) atoms. The van der Waals surface area contributed by atoms with Gasteiger partial charge in [-0.15, -0.1) is 0 Å². The Labute approximate surface area is 151 Å². The van der Waals surface area contributed by atoms with Gasteiger partial charge >= 0.3 is 0 Å². The van der Waals surface area contributed by atoms with Crippen molar-refractivity contribution in [1.82, 2.24) is 10.2 Å². The highest BCUT2D eigenvalue weighted by Gasteiger charge is 2.40. The third-order valence-electron chi connectivity index (χ3n) is 5.09. The second kappa shape index (κ2) is 10.5. The quantitative estimate of drug-likeness (QED) is 0.636. The molecule has 2 rings (SSSR count). The monoisotopic (exact) mass is 348 g/mol. The van der Waals surface area contributed by atoms with Crippen LogP contribution < -0.4 is 5.32 Å². The van der Waals surface area contributed by atoms with Crippen LogP contribution in [0.5, 0.6) is 0 Å².